The van der Waals surface area contributed by atoms with E-state index >= 15 is 0 Å². The van der Waals surface area contributed by atoms with Gasteiger partial charge in [-0.1, -0.05) is 84.9 Å². The number of amides is 2. The standard InChI is InChI=1S/C43H44N2O4S2/c1-45(27-25-39(41-19-9-29-51-41)49-37-17-7-13-31-11-3-5-15-35(31)37)43(47)33-22-20-32(21-23-33)42(46)44-26-24-38(40-18-8-28-50-40)48-36-16-6-12-30-10-2-4-14-34(30)36/h2-19,28-29,32-33,38-39H,20-27H2,1H3,(H,44,46)/t32?,33?,38-,39-/m1/s1. The Hall–Kier alpha value is -4.66. The molecular weight excluding hydrogens is 673 g/mol. The fourth-order valence-corrected chi connectivity index (χ4v) is 8.76. The number of thiophene rings is 2. The molecule has 8 heteroatoms. The van der Waals surface area contributed by atoms with Gasteiger partial charge in [0, 0.05) is 65.3 Å². The van der Waals surface area contributed by atoms with E-state index in [9.17, 15) is 9.59 Å². The van der Waals surface area contributed by atoms with Crippen molar-refractivity contribution in [3.05, 3.63) is 130 Å². The number of ether oxygens (including phenoxy) is 2. The number of benzene rings is 4. The molecule has 7 rings (SSSR count). The van der Waals surface area contributed by atoms with Gasteiger partial charge in [0.25, 0.3) is 0 Å². The van der Waals surface area contributed by atoms with Gasteiger partial charge < -0.3 is 19.7 Å². The second kappa shape index (κ2) is 16.6. The maximum atomic E-state index is 13.6. The average molecular weight is 717 g/mol. The molecule has 262 valence electrons. The Balaban J connectivity index is 0.890. The first-order valence-electron chi connectivity index (χ1n) is 17.9. The third-order valence-electron chi connectivity index (χ3n) is 10.0. The summed E-state index contributed by atoms with van der Waals surface area (Å²) in [6.45, 7) is 1.12. The lowest BCUT2D eigenvalue weighted by Crippen LogP contribution is -2.39. The second-order valence-corrected chi connectivity index (χ2v) is 15.3. The van der Waals surface area contributed by atoms with Gasteiger partial charge in [0.2, 0.25) is 11.8 Å². The lowest BCUT2D eigenvalue weighted by molar-refractivity contribution is -0.137. The van der Waals surface area contributed by atoms with Crippen LogP contribution in [0.4, 0.5) is 0 Å². The Morgan fingerprint density at radius 2 is 1.18 bits per heavy atom. The SMILES string of the molecule is CN(CC[C@@H](Oc1cccc2ccccc12)c1cccs1)C(=O)C1CCC(C(=O)NCC[C@@H](Oc2cccc3ccccc23)c2cccs2)CC1. The molecule has 6 nitrogen and oxygen atoms in total. The van der Waals surface area contributed by atoms with E-state index in [4.69, 9.17) is 9.47 Å². The zero-order valence-electron chi connectivity index (χ0n) is 28.9. The molecule has 1 N–H and O–H groups in total. The molecule has 1 aliphatic carbocycles. The van der Waals surface area contributed by atoms with Crippen molar-refractivity contribution in [2.75, 3.05) is 20.1 Å². The van der Waals surface area contributed by atoms with Crippen molar-refractivity contribution in [1.82, 2.24) is 10.2 Å². The predicted molar refractivity (Wildman–Crippen MR) is 209 cm³/mol. The first-order valence-corrected chi connectivity index (χ1v) is 19.7. The van der Waals surface area contributed by atoms with Crippen molar-refractivity contribution < 1.29 is 19.1 Å². The molecule has 51 heavy (non-hydrogen) atoms. The van der Waals surface area contributed by atoms with Gasteiger partial charge in [0.15, 0.2) is 0 Å². The van der Waals surface area contributed by atoms with Gasteiger partial charge in [-0.25, -0.2) is 0 Å². The fourth-order valence-electron chi connectivity index (χ4n) is 7.18. The summed E-state index contributed by atoms with van der Waals surface area (Å²) >= 11 is 3.35. The highest BCUT2D eigenvalue weighted by atomic mass is 32.1. The normalized spacial score (nSPS) is 17.1. The van der Waals surface area contributed by atoms with Crippen LogP contribution in [0.1, 0.15) is 60.5 Å². The van der Waals surface area contributed by atoms with Crippen molar-refractivity contribution in [2.45, 2.75) is 50.7 Å². The van der Waals surface area contributed by atoms with E-state index in [2.05, 4.69) is 64.6 Å². The van der Waals surface area contributed by atoms with Crippen LogP contribution in [0.3, 0.4) is 0 Å². The zero-order valence-corrected chi connectivity index (χ0v) is 30.5. The lowest BCUT2D eigenvalue weighted by atomic mass is 9.81. The highest BCUT2D eigenvalue weighted by Gasteiger charge is 2.32. The predicted octanol–water partition coefficient (Wildman–Crippen LogP) is 10.2. The highest BCUT2D eigenvalue weighted by molar-refractivity contribution is 7.10. The maximum Gasteiger partial charge on any atom is 0.225 e. The van der Waals surface area contributed by atoms with Crippen molar-refractivity contribution in [3.8, 4) is 11.5 Å². The van der Waals surface area contributed by atoms with Gasteiger partial charge in [0.1, 0.15) is 23.7 Å². The number of fused-ring (bicyclic) bond motifs is 2. The van der Waals surface area contributed by atoms with Crippen LogP contribution in [0.2, 0.25) is 0 Å². The Kier molecular flexibility index (Phi) is 11.3. The number of nitrogens with one attached hydrogen (secondary N) is 1. The number of hydrogen-bond acceptors (Lipinski definition) is 6. The molecule has 4 aromatic carbocycles. The zero-order chi connectivity index (χ0) is 35.0. The Morgan fingerprint density at radius 3 is 1.73 bits per heavy atom. The van der Waals surface area contributed by atoms with E-state index in [1.807, 2.05) is 72.6 Å². The molecule has 2 amide bonds. The average Bonchev–Trinajstić information content (AvgIpc) is 3.92. The van der Waals surface area contributed by atoms with Crippen LogP contribution in [0, 0.1) is 11.8 Å². The number of carbonyl (C=O) groups excluding carboxylic acids is 2. The van der Waals surface area contributed by atoms with Crippen molar-refractivity contribution in [2.24, 2.45) is 11.8 Å². The molecule has 2 aromatic heterocycles. The highest BCUT2D eigenvalue weighted by Crippen LogP contribution is 2.35. The summed E-state index contributed by atoms with van der Waals surface area (Å²) in [6.07, 6.45) is 3.95. The van der Waals surface area contributed by atoms with Crippen LogP contribution in [0.25, 0.3) is 21.5 Å². The van der Waals surface area contributed by atoms with Gasteiger partial charge in [-0.3, -0.25) is 9.59 Å². The molecule has 0 saturated heterocycles. The van der Waals surface area contributed by atoms with Crippen molar-refractivity contribution >= 4 is 56.0 Å². The van der Waals surface area contributed by atoms with Crippen LogP contribution in [0.15, 0.2) is 120 Å². The molecule has 0 radical (unpaired) electrons. The Bertz CT molecular complexity index is 2030. The summed E-state index contributed by atoms with van der Waals surface area (Å²) < 4.78 is 13.2. The quantitative estimate of drug-likeness (QED) is 0.122. The largest absolute Gasteiger partial charge is 0.484 e. The molecule has 0 spiro atoms. The topological polar surface area (TPSA) is 67.9 Å². The number of carbonyl (C=O) groups is 2. The van der Waals surface area contributed by atoms with Crippen molar-refractivity contribution in [3.63, 3.8) is 0 Å². The summed E-state index contributed by atoms with van der Waals surface area (Å²) in [5.41, 5.74) is 0. The molecule has 1 fully saturated rings. The molecule has 1 aliphatic rings. The summed E-state index contributed by atoms with van der Waals surface area (Å²) in [5, 5.41) is 11.8. The third-order valence-corrected chi connectivity index (χ3v) is 11.9. The first kappa shape index (κ1) is 34.8. The Morgan fingerprint density at radius 1 is 0.667 bits per heavy atom. The van der Waals surface area contributed by atoms with Gasteiger partial charge in [-0.05, 0) is 71.5 Å². The second-order valence-electron chi connectivity index (χ2n) is 13.4. The Labute approximate surface area is 308 Å². The van der Waals surface area contributed by atoms with E-state index in [-0.39, 0.29) is 35.9 Å². The molecule has 0 bridgehead atoms. The summed E-state index contributed by atoms with van der Waals surface area (Å²) in [7, 11) is 1.90. The van der Waals surface area contributed by atoms with Gasteiger partial charge >= 0.3 is 0 Å². The maximum absolute atomic E-state index is 13.6. The summed E-state index contributed by atoms with van der Waals surface area (Å²) in [4.78, 5) is 31.0. The monoisotopic (exact) mass is 716 g/mol. The summed E-state index contributed by atoms with van der Waals surface area (Å²) in [6, 6.07) is 37.1. The van der Waals surface area contributed by atoms with Crippen molar-refractivity contribution in [1.29, 1.82) is 0 Å². The molecule has 2 atom stereocenters. The van der Waals surface area contributed by atoms with E-state index in [0.717, 1.165) is 68.5 Å². The van der Waals surface area contributed by atoms with Gasteiger partial charge in [-0.15, -0.1) is 22.7 Å². The first-order chi connectivity index (χ1) is 25.0. The van der Waals surface area contributed by atoms with E-state index in [1.165, 1.54) is 0 Å². The van der Waals surface area contributed by atoms with Gasteiger partial charge in [-0.2, -0.15) is 0 Å². The lowest BCUT2D eigenvalue weighted by Gasteiger charge is -2.31. The smallest absolute Gasteiger partial charge is 0.225 e. The molecule has 2 heterocycles. The molecule has 1 saturated carbocycles. The van der Waals surface area contributed by atoms with E-state index in [1.54, 1.807) is 22.7 Å². The molecule has 0 aliphatic heterocycles. The van der Waals surface area contributed by atoms with Crippen LogP contribution in [-0.2, 0) is 9.59 Å². The number of nitrogens with zero attached hydrogens (tertiary/aromatic N) is 1. The van der Waals surface area contributed by atoms with E-state index in [0.29, 0.717) is 25.9 Å². The summed E-state index contributed by atoms with van der Waals surface area (Å²) in [5.74, 6) is 1.81. The number of hydrogen-bond donors (Lipinski definition) is 1. The van der Waals surface area contributed by atoms with Crippen LogP contribution in [0.5, 0.6) is 11.5 Å². The van der Waals surface area contributed by atoms with Crippen LogP contribution in [-0.4, -0.2) is 36.9 Å². The van der Waals surface area contributed by atoms with Crippen LogP contribution >= 0.6 is 22.7 Å². The minimum Gasteiger partial charge on any atom is -0.484 e. The van der Waals surface area contributed by atoms with E-state index < -0.39 is 0 Å². The van der Waals surface area contributed by atoms with Gasteiger partial charge in [0.05, 0.1) is 0 Å². The number of rotatable bonds is 14. The molecular formula is C43H44N2O4S2. The molecule has 0 unspecified atom stereocenters. The molecule has 6 aromatic rings. The third kappa shape index (κ3) is 8.46. The fraction of sp³-hybridized carbons (Fsp3) is 0.302. The minimum atomic E-state index is -0.156. The minimum absolute atomic E-state index is 0.0597. The van der Waals surface area contributed by atoms with Crippen LogP contribution < -0.4 is 14.8 Å².